The highest BCUT2D eigenvalue weighted by molar-refractivity contribution is 5.88. The monoisotopic (exact) mass is 381 g/mol. The second-order valence-electron chi connectivity index (χ2n) is 6.81. The molecule has 2 N–H and O–H groups in total. The molecule has 1 aromatic heterocycles. The Kier molecular flexibility index (Phi) is 5.57. The summed E-state index contributed by atoms with van der Waals surface area (Å²) in [6, 6.07) is 7.89. The fourth-order valence-electron chi connectivity index (χ4n) is 3.10. The number of nitrogens with one attached hydrogen (secondary N) is 2. The van der Waals surface area contributed by atoms with E-state index in [-0.39, 0.29) is 5.69 Å². The summed E-state index contributed by atoms with van der Waals surface area (Å²) in [4.78, 5) is 14.2. The molecule has 146 valence electrons. The molecule has 0 radical (unpaired) electrons. The summed E-state index contributed by atoms with van der Waals surface area (Å²) >= 11 is 0. The van der Waals surface area contributed by atoms with Crippen molar-refractivity contribution in [2.24, 2.45) is 5.92 Å². The molecule has 6 nitrogen and oxygen atoms in total. The predicted molar refractivity (Wildman–Crippen MR) is 96.8 cm³/mol. The number of hydrogen-bond donors (Lipinski definition) is 2. The van der Waals surface area contributed by atoms with Gasteiger partial charge in [-0.05, 0) is 31.4 Å². The van der Waals surface area contributed by atoms with Crippen molar-refractivity contribution < 1.29 is 18.0 Å². The van der Waals surface area contributed by atoms with Crippen LogP contribution in [0.5, 0.6) is 0 Å². The van der Waals surface area contributed by atoms with Crippen LogP contribution < -0.4 is 15.5 Å². The molecule has 1 saturated heterocycles. The molecule has 1 aliphatic rings. The van der Waals surface area contributed by atoms with E-state index in [4.69, 9.17) is 0 Å². The highest BCUT2D eigenvalue weighted by atomic mass is 19.4. The maximum absolute atomic E-state index is 12.3. The van der Waals surface area contributed by atoms with Gasteiger partial charge < -0.3 is 15.5 Å². The van der Waals surface area contributed by atoms with Gasteiger partial charge in [-0.2, -0.15) is 18.3 Å². The van der Waals surface area contributed by atoms with Crippen LogP contribution >= 0.6 is 0 Å². The molecule has 0 spiro atoms. The maximum Gasteiger partial charge on any atom is 0.408 e. The lowest BCUT2D eigenvalue weighted by atomic mass is 10.1. The number of carbonyl (C=O) groups excluding carboxylic acids is 1. The van der Waals surface area contributed by atoms with Gasteiger partial charge in [0.25, 0.3) is 0 Å². The van der Waals surface area contributed by atoms with Crippen LogP contribution in [-0.4, -0.2) is 41.6 Å². The van der Waals surface area contributed by atoms with Crippen molar-refractivity contribution in [1.82, 2.24) is 15.1 Å². The van der Waals surface area contributed by atoms with Crippen LogP contribution in [0.2, 0.25) is 0 Å². The lowest BCUT2D eigenvalue weighted by Crippen LogP contribution is -2.34. The molecule has 0 bridgehead atoms. The first kappa shape index (κ1) is 19.1. The van der Waals surface area contributed by atoms with E-state index in [0.717, 1.165) is 30.4 Å². The summed E-state index contributed by atoms with van der Waals surface area (Å²) in [6.07, 6.45) is -1.03. The Hall–Kier alpha value is -2.71. The van der Waals surface area contributed by atoms with E-state index in [1.807, 2.05) is 6.92 Å². The Labute approximate surface area is 155 Å². The second kappa shape index (κ2) is 7.89. The Morgan fingerprint density at radius 3 is 2.74 bits per heavy atom. The lowest BCUT2D eigenvalue weighted by molar-refractivity contribution is -0.142. The molecule has 27 heavy (non-hydrogen) atoms. The molecule has 1 atom stereocenters. The number of benzene rings is 1. The van der Waals surface area contributed by atoms with Crippen LogP contribution in [0.25, 0.3) is 0 Å². The molecular formula is C18H22F3N5O. The van der Waals surface area contributed by atoms with Crippen molar-refractivity contribution in [2.75, 3.05) is 29.9 Å². The van der Waals surface area contributed by atoms with Crippen LogP contribution in [0.4, 0.5) is 29.3 Å². The number of aryl methyl sites for hydroxylation is 1. The van der Waals surface area contributed by atoms with Crippen molar-refractivity contribution in [3.05, 3.63) is 42.2 Å². The Morgan fingerprint density at radius 1 is 1.30 bits per heavy atom. The van der Waals surface area contributed by atoms with Gasteiger partial charge in [0.2, 0.25) is 0 Å². The molecule has 0 saturated carbocycles. The first-order valence-electron chi connectivity index (χ1n) is 8.74. The zero-order valence-electron chi connectivity index (χ0n) is 15.0. The molecule has 2 amide bonds. The summed E-state index contributed by atoms with van der Waals surface area (Å²) in [5.41, 5.74) is 2.61. The normalized spacial score (nSPS) is 17.2. The van der Waals surface area contributed by atoms with E-state index < -0.39 is 18.8 Å². The number of hydrogen-bond acceptors (Lipinski definition) is 3. The molecule has 2 heterocycles. The van der Waals surface area contributed by atoms with Crippen LogP contribution in [0, 0.1) is 12.8 Å². The van der Waals surface area contributed by atoms with Crippen molar-refractivity contribution in [3.63, 3.8) is 0 Å². The summed E-state index contributed by atoms with van der Waals surface area (Å²) in [7, 11) is 0. The highest BCUT2D eigenvalue weighted by Gasteiger charge is 2.28. The minimum atomic E-state index is -4.35. The van der Waals surface area contributed by atoms with Gasteiger partial charge in [0.05, 0.1) is 11.9 Å². The second-order valence-corrected chi connectivity index (χ2v) is 6.81. The summed E-state index contributed by atoms with van der Waals surface area (Å²) in [5.74, 6) is 0.324. The number of halogens is 3. The lowest BCUT2D eigenvalue weighted by Gasteiger charge is -2.19. The Balaban J connectivity index is 1.43. The Morgan fingerprint density at radius 2 is 2.04 bits per heavy atom. The number of rotatable bonds is 5. The van der Waals surface area contributed by atoms with E-state index >= 15 is 0 Å². The topological polar surface area (TPSA) is 62.2 Å². The third-order valence-corrected chi connectivity index (χ3v) is 4.47. The number of nitrogens with zero attached hydrogens (tertiary/aromatic N) is 3. The predicted octanol–water partition coefficient (Wildman–Crippen LogP) is 3.40. The van der Waals surface area contributed by atoms with Gasteiger partial charge in [-0.1, -0.05) is 17.7 Å². The first-order chi connectivity index (χ1) is 12.8. The largest absolute Gasteiger partial charge is 0.408 e. The van der Waals surface area contributed by atoms with Crippen molar-refractivity contribution in [2.45, 2.75) is 26.1 Å². The summed E-state index contributed by atoms with van der Waals surface area (Å²) in [5, 5.41) is 8.87. The van der Waals surface area contributed by atoms with Gasteiger partial charge >= 0.3 is 12.2 Å². The van der Waals surface area contributed by atoms with Gasteiger partial charge in [0.1, 0.15) is 6.54 Å². The highest BCUT2D eigenvalue weighted by Crippen LogP contribution is 2.23. The molecule has 0 aliphatic carbocycles. The first-order valence-corrected chi connectivity index (χ1v) is 8.74. The fraction of sp³-hybridized carbons (Fsp3) is 0.444. The van der Waals surface area contributed by atoms with Crippen molar-refractivity contribution in [3.8, 4) is 0 Å². The van der Waals surface area contributed by atoms with E-state index in [9.17, 15) is 18.0 Å². The van der Waals surface area contributed by atoms with Gasteiger partial charge in [-0.15, -0.1) is 0 Å². The van der Waals surface area contributed by atoms with Crippen LogP contribution in [0.1, 0.15) is 12.0 Å². The minimum Gasteiger partial charge on any atom is -0.371 e. The average Bonchev–Trinajstić information content (AvgIpc) is 3.22. The number of carbonyl (C=O) groups is 1. The van der Waals surface area contributed by atoms with Gasteiger partial charge in [-0.25, -0.2) is 4.79 Å². The minimum absolute atomic E-state index is 0.226. The van der Waals surface area contributed by atoms with Crippen LogP contribution in [0.15, 0.2) is 36.7 Å². The number of amides is 2. The Bertz CT molecular complexity index is 772. The maximum atomic E-state index is 12.3. The fourth-order valence-corrected chi connectivity index (χ4v) is 3.10. The van der Waals surface area contributed by atoms with E-state index in [1.165, 1.54) is 17.4 Å². The molecule has 1 fully saturated rings. The number of urea groups is 1. The van der Waals surface area contributed by atoms with Crippen molar-refractivity contribution in [1.29, 1.82) is 0 Å². The molecule has 9 heteroatoms. The zero-order chi connectivity index (χ0) is 19.4. The molecule has 1 aromatic carbocycles. The number of aromatic nitrogens is 2. The smallest absolute Gasteiger partial charge is 0.371 e. The molecule has 0 unspecified atom stereocenters. The van der Waals surface area contributed by atoms with E-state index in [1.54, 1.807) is 0 Å². The number of alkyl halides is 3. The third-order valence-electron chi connectivity index (χ3n) is 4.47. The zero-order valence-corrected chi connectivity index (χ0v) is 15.0. The quantitative estimate of drug-likeness (QED) is 0.835. The molecule has 1 aliphatic heterocycles. The van der Waals surface area contributed by atoms with Crippen LogP contribution in [0.3, 0.4) is 0 Å². The average molecular weight is 381 g/mol. The van der Waals surface area contributed by atoms with Crippen molar-refractivity contribution >= 4 is 17.4 Å². The SMILES string of the molecule is Cc1ccc(N2CC[C@@H](CNC(=O)Nc3cnn(CC(F)(F)F)c3)C2)cc1. The van der Waals surface area contributed by atoms with Gasteiger partial charge in [-0.3, -0.25) is 4.68 Å². The standard InChI is InChI=1S/C18H22F3N5O/c1-13-2-4-16(5-3-13)25-7-6-14(10-25)8-22-17(27)24-15-9-23-26(11-15)12-18(19,20)21/h2-5,9,11,14H,6-8,10,12H2,1H3,(H2,22,24,27)/t14-/m0/s1. The van der Waals surface area contributed by atoms with E-state index in [0.29, 0.717) is 12.5 Å². The number of anilines is 2. The summed E-state index contributed by atoms with van der Waals surface area (Å²) < 4.78 is 37.7. The van der Waals surface area contributed by atoms with Gasteiger partial charge in [0.15, 0.2) is 0 Å². The third kappa shape index (κ3) is 5.63. The molecular weight excluding hydrogens is 359 g/mol. The molecule has 2 aromatic rings. The van der Waals surface area contributed by atoms with Crippen LogP contribution in [-0.2, 0) is 6.54 Å². The summed E-state index contributed by atoms with van der Waals surface area (Å²) in [6.45, 7) is 3.15. The molecule has 3 rings (SSSR count). The van der Waals surface area contributed by atoms with E-state index in [2.05, 4.69) is 44.9 Å². The van der Waals surface area contributed by atoms with Gasteiger partial charge in [0, 0.05) is 31.5 Å².